The van der Waals surface area contributed by atoms with E-state index in [0.29, 0.717) is 38.3 Å². The van der Waals surface area contributed by atoms with Gasteiger partial charge in [-0.05, 0) is 60.3 Å². The van der Waals surface area contributed by atoms with E-state index in [1.165, 1.54) is 9.87 Å². The van der Waals surface area contributed by atoms with Gasteiger partial charge in [0.2, 0.25) is 10.0 Å². The number of nitrogen functional groups attached to an aromatic ring is 1. The number of pyridine rings is 1. The number of aryl methyl sites for hydroxylation is 1. The zero-order valence-corrected chi connectivity index (χ0v) is 24.6. The van der Waals surface area contributed by atoms with Crippen molar-refractivity contribution >= 4 is 21.7 Å². The summed E-state index contributed by atoms with van der Waals surface area (Å²) in [6.45, 7) is 11.6. The van der Waals surface area contributed by atoms with Gasteiger partial charge in [-0.1, -0.05) is 33.8 Å². The van der Waals surface area contributed by atoms with E-state index in [1.807, 2.05) is 12.1 Å². The van der Waals surface area contributed by atoms with Crippen LogP contribution in [0.1, 0.15) is 57.4 Å². The van der Waals surface area contributed by atoms with Gasteiger partial charge in [0.1, 0.15) is 35.2 Å². The highest BCUT2D eigenvalue weighted by Crippen LogP contribution is 2.39. The molecule has 10 heteroatoms. The number of anilines is 2. The highest BCUT2D eigenvalue weighted by Gasteiger charge is 2.38. The first-order valence-corrected chi connectivity index (χ1v) is 15.5. The molecule has 4 heterocycles. The predicted molar refractivity (Wildman–Crippen MR) is 156 cm³/mol. The van der Waals surface area contributed by atoms with E-state index in [1.54, 1.807) is 18.6 Å². The summed E-state index contributed by atoms with van der Waals surface area (Å²) in [5.74, 6) is 1.83. The molecule has 2 aliphatic heterocycles. The second-order valence-corrected chi connectivity index (χ2v) is 14.8. The van der Waals surface area contributed by atoms with E-state index in [4.69, 9.17) is 15.5 Å². The van der Waals surface area contributed by atoms with Gasteiger partial charge in [-0.15, -0.1) is 0 Å². The van der Waals surface area contributed by atoms with Gasteiger partial charge in [0.25, 0.3) is 0 Å². The summed E-state index contributed by atoms with van der Waals surface area (Å²) in [5, 5.41) is 0. The van der Waals surface area contributed by atoms with Gasteiger partial charge in [0.05, 0.1) is 6.54 Å². The van der Waals surface area contributed by atoms with Crippen LogP contribution in [-0.2, 0) is 29.4 Å². The van der Waals surface area contributed by atoms with Crippen LogP contribution < -0.4 is 15.4 Å². The summed E-state index contributed by atoms with van der Waals surface area (Å²) >= 11 is 0. The number of nitrogens with zero attached hydrogens (tertiary/aromatic N) is 5. The van der Waals surface area contributed by atoms with Crippen LogP contribution in [0.15, 0.2) is 41.7 Å². The van der Waals surface area contributed by atoms with Crippen LogP contribution in [0.3, 0.4) is 0 Å². The summed E-state index contributed by atoms with van der Waals surface area (Å²) < 4.78 is 34.7. The molecule has 1 aromatic carbocycles. The van der Waals surface area contributed by atoms with Gasteiger partial charge in [0, 0.05) is 48.2 Å². The van der Waals surface area contributed by atoms with Crippen molar-refractivity contribution in [3.63, 3.8) is 0 Å². The van der Waals surface area contributed by atoms with Crippen molar-refractivity contribution in [3.05, 3.63) is 53.6 Å². The number of benzene rings is 1. The molecule has 0 amide bonds. The number of hydrogen-bond acceptors (Lipinski definition) is 8. The first kappa shape index (κ1) is 27.0. The molecule has 0 radical (unpaired) electrons. The van der Waals surface area contributed by atoms with Crippen LogP contribution in [0.2, 0.25) is 0 Å². The molecule has 2 N–H and O–H groups in total. The number of nitrogens with two attached hydrogens (primary N) is 1. The lowest BCUT2D eigenvalue weighted by Crippen LogP contribution is -2.31. The summed E-state index contributed by atoms with van der Waals surface area (Å²) in [6.07, 6.45) is 7.17. The molecular formula is C30H38N6O3S. The van der Waals surface area contributed by atoms with E-state index in [0.717, 1.165) is 54.1 Å². The Morgan fingerprint density at radius 2 is 1.80 bits per heavy atom. The van der Waals surface area contributed by atoms with Crippen molar-refractivity contribution in [3.8, 4) is 16.9 Å². The molecule has 0 unspecified atom stereocenters. The first-order valence-electron chi connectivity index (χ1n) is 14.0. The molecule has 1 saturated heterocycles. The Labute approximate surface area is 236 Å². The van der Waals surface area contributed by atoms with Gasteiger partial charge in [-0.25, -0.2) is 23.4 Å². The molecule has 0 saturated carbocycles. The van der Waals surface area contributed by atoms with Crippen LogP contribution in [-0.4, -0.2) is 53.9 Å². The summed E-state index contributed by atoms with van der Waals surface area (Å²) in [7, 11) is -3.76. The normalized spacial score (nSPS) is 20.4. The maximum Gasteiger partial charge on any atom is 0.246 e. The summed E-state index contributed by atoms with van der Waals surface area (Å²) in [4.78, 5) is 16.0. The maximum absolute atomic E-state index is 13.5. The Morgan fingerprint density at radius 3 is 2.58 bits per heavy atom. The average molecular weight is 563 g/mol. The quantitative estimate of drug-likeness (QED) is 0.496. The van der Waals surface area contributed by atoms with Crippen LogP contribution in [0, 0.1) is 10.8 Å². The van der Waals surface area contributed by atoms with E-state index in [2.05, 4.69) is 48.6 Å². The Bertz CT molecular complexity index is 1570. The average Bonchev–Trinajstić information content (AvgIpc) is 3.15. The predicted octanol–water partition coefficient (Wildman–Crippen LogP) is 4.46. The van der Waals surface area contributed by atoms with Crippen LogP contribution in [0.5, 0.6) is 5.75 Å². The fourth-order valence-corrected chi connectivity index (χ4v) is 7.83. The highest BCUT2D eigenvalue weighted by molar-refractivity contribution is 7.89. The van der Waals surface area contributed by atoms with Crippen molar-refractivity contribution in [1.82, 2.24) is 19.3 Å². The minimum absolute atomic E-state index is 0.0224. The lowest BCUT2D eigenvalue weighted by molar-refractivity contribution is 0.310. The molecule has 0 bridgehead atoms. The van der Waals surface area contributed by atoms with E-state index in [9.17, 15) is 8.42 Å². The number of sulfonamides is 1. The molecule has 212 valence electrons. The Balaban J connectivity index is 1.33. The molecule has 1 fully saturated rings. The van der Waals surface area contributed by atoms with Gasteiger partial charge in [0.15, 0.2) is 0 Å². The monoisotopic (exact) mass is 562 g/mol. The lowest BCUT2D eigenvalue weighted by atomic mass is 9.76. The minimum Gasteiger partial charge on any atom is -0.491 e. The van der Waals surface area contributed by atoms with Crippen molar-refractivity contribution in [2.75, 3.05) is 36.9 Å². The Kier molecular flexibility index (Phi) is 6.53. The molecule has 0 spiro atoms. The largest absolute Gasteiger partial charge is 0.491 e. The third-order valence-electron chi connectivity index (χ3n) is 8.52. The third-order valence-corrected chi connectivity index (χ3v) is 10.4. The standard InChI is InChI=1S/C30H38N6O3S/c1-29(2)8-7-24-23(15-29)28(34-19-33-24)35-11-12-39-25-6-5-20(13-22(25)17-35)21-14-26(27(31)32-16-21)40(37,38)36-10-9-30(3,4)18-36/h5-6,13-14,16,19H,7-12,15,17-18H2,1-4H3,(H2,31,32). The molecule has 3 aromatic rings. The molecule has 2 aromatic heterocycles. The lowest BCUT2D eigenvalue weighted by Gasteiger charge is -2.33. The SMILES string of the molecule is CC1(C)CCc2ncnc(N3CCOc4ccc(-c5cnc(N)c(S(=O)(=O)N6CCC(C)(C)C6)c5)cc4C3)c2C1. The molecular weight excluding hydrogens is 524 g/mol. The highest BCUT2D eigenvalue weighted by atomic mass is 32.2. The van der Waals surface area contributed by atoms with Crippen molar-refractivity contribution < 1.29 is 13.2 Å². The zero-order chi connectivity index (χ0) is 28.3. The second kappa shape index (κ2) is 9.69. The Morgan fingerprint density at radius 1 is 0.975 bits per heavy atom. The van der Waals surface area contributed by atoms with Crippen LogP contribution in [0.25, 0.3) is 11.1 Å². The summed E-state index contributed by atoms with van der Waals surface area (Å²) in [5.41, 5.74) is 11.2. The molecule has 3 aliphatic rings. The Hall–Kier alpha value is -3.24. The second-order valence-electron chi connectivity index (χ2n) is 12.9. The van der Waals surface area contributed by atoms with Gasteiger partial charge in [-0.3, -0.25) is 0 Å². The van der Waals surface area contributed by atoms with Crippen molar-refractivity contribution in [2.45, 2.75) is 64.8 Å². The van der Waals surface area contributed by atoms with Gasteiger partial charge in [-0.2, -0.15) is 4.31 Å². The molecule has 1 aliphatic carbocycles. The number of rotatable bonds is 4. The zero-order valence-electron chi connectivity index (χ0n) is 23.8. The van der Waals surface area contributed by atoms with E-state index in [-0.39, 0.29) is 21.5 Å². The number of aromatic nitrogens is 3. The van der Waals surface area contributed by atoms with E-state index >= 15 is 0 Å². The summed E-state index contributed by atoms with van der Waals surface area (Å²) in [6, 6.07) is 7.63. The molecule has 6 rings (SSSR count). The number of hydrogen-bond donors (Lipinski definition) is 1. The fraction of sp³-hybridized carbons (Fsp3) is 0.500. The smallest absolute Gasteiger partial charge is 0.246 e. The first-order chi connectivity index (χ1) is 18.9. The fourth-order valence-electron chi connectivity index (χ4n) is 6.11. The molecule has 9 nitrogen and oxygen atoms in total. The maximum atomic E-state index is 13.5. The topological polar surface area (TPSA) is 115 Å². The van der Waals surface area contributed by atoms with Crippen molar-refractivity contribution in [2.24, 2.45) is 10.8 Å². The van der Waals surface area contributed by atoms with Gasteiger partial charge < -0.3 is 15.4 Å². The van der Waals surface area contributed by atoms with Gasteiger partial charge >= 0.3 is 0 Å². The minimum atomic E-state index is -3.76. The number of fused-ring (bicyclic) bond motifs is 2. The van der Waals surface area contributed by atoms with Crippen molar-refractivity contribution in [1.29, 1.82) is 0 Å². The van der Waals surface area contributed by atoms with Crippen LogP contribution in [0.4, 0.5) is 11.6 Å². The molecule has 0 atom stereocenters. The number of ether oxygens (including phenoxy) is 1. The molecule has 40 heavy (non-hydrogen) atoms. The van der Waals surface area contributed by atoms with Crippen LogP contribution >= 0.6 is 0 Å². The third kappa shape index (κ3) is 5.03. The van der Waals surface area contributed by atoms with E-state index < -0.39 is 10.0 Å².